The highest BCUT2D eigenvalue weighted by atomic mass is 19.1. The zero-order valence-corrected chi connectivity index (χ0v) is 16.8. The molecule has 2 aliphatic rings. The second-order valence-electron chi connectivity index (χ2n) is 7.70. The molecule has 1 saturated carbocycles. The van der Waals surface area contributed by atoms with Gasteiger partial charge in [-0.1, -0.05) is 6.07 Å². The minimum atomic E-state index is -0.326. The summed E-state index contributed by atoms with van der Waals surface area (Å²) in [6, 6.07) is 14.8. The zero-order valence-electron chi connectivity index (χ0n) is 16.8. The van der Waals surface area contributed by atoms with Crippen LogP contribution >= 0.6 is 0 Å². The quantitative estimate of drug-likeness (QED) is 0.599. The molecule has 1 fully saturated rings. The minimum absolute atomic E-state index is 0.118. The summed E-state index contributed by atoms with van der Waals surface area (Å²) in [5.74, 6) is 2.48. The van der Waals surface area contributed by atoms with E-state index < -0.39 is 0 Å². The number of fused-ring (bicyclic) bond motifs is 1. The van der Waals surface area contributed by atoms with Gasteiger partial charge in [-0.2, -0.15) is 0 Å². The summed E-state index contributed by atoms with van der Waals surface area (Å²) in [6.45, 7) is 1.21. The number of benzene rings is 2. The second-order valence-corrected chi connectivity index (χ2v) is 7.70. The molecule has 0 radical (unpaired) electrons. The second kappa shape index (κ2) is 8.34. The fourth-order valence-corrected chi connectivity index (χ4v) is 3.63. The lowest BCUT2D eigenvalue weighted by atomic mass is 10.0. The van der Waals surface area contributed by atoms with E-state index in [1.54, 1.807) is 24.3 Å². The van der Waals surface area contributed by atoms with Gasteiger partial charge >= 0.3 is 0 Å². The third-order valence-electron chi connectivity index (χ3n) is 5.39. The lowest BCUT2D eigenvalue weighted by molar-refractivity contribution is 0.0899. The summed E-state index contributed by atoms with van der Waals surface area (Å²) in [6.07, 6.45) is 2.13. The van der Waals surface area contributed by atoms with Crippen molar-refractivity contribution in [3.05, 3.63) is 77.5 Å². The van der Waals surface area contributed by atoms with E-state index in [-0.39, 0.29) is 30.1 Å². The Balaban J connectivity index is 1.25. The van der Waals surface area contributed by atoms with Crippen LogP contribution in [-0.4, -0.2) is 19.1 Å². The van der Waals surface area contributed by atoms with E-state index in [2.05, 4.69) is 5.32 Å². The van der Waals surface area contributed by atoms with Crippen LogP contribution in [0.15, 0.2) is 59.0 Å². The predicted octanol–water partition coefficient (Wildman–Crippen LogP) is 4.65. The number of nitrogens with one attached hydrogen (secondary N) is 1. The highest BCUT2D eigenvalue weighted by Gasteiger charge is 2.34. The van der Waals surface area contributed by atoms with Gasteiger partial charge in [0.1, 0.15) is 37.1 Å². The molecule has 7 heteroatoms. The van der Waals surface area contributed by atoms with Gasteiger partial charge in [-0.15, -0.1) is 0 Å². The SMILES string of the molecule is O=C(NC(c1ccc2c(c1)OCCO2)C1CC1)c1ccc(COc2ccc(F)cc2)o1. The Hall–Kier alpha value is -3.48. The maximum Gasteiger partial charge on any atom is 0.287 e. The average Bonchev–Trinajstić information content (AvgIpc) is 3.53. The highest BCUT2D eigenvalue weighted by molar-refractivity contribution is 5.91. The molecule has 1 unspecified atom stereocenters. The van der Waals surface area contributed by atoms with Gasteiger partial charge in [0.2, 0.25) is 0 Å². The summed E-state index contributed by atoms with van der Waals surface area (Å²) >= 11 is 0. The molecule has 1 N–H and O–H groups in total. The van der Waals surface area contributed by atoms with Crippen LogP contribution in [0.3, 0.4) is 0 Å². The van der Waals surface area contributed by atoms with Gasteiger partial charge in [-0.3, -0.25) is 4.79 Å². The van der Waals surface area contributed by atoms with E-state index in [1.807, 2.05) is 18.2 Å². The lowest BCUT2D eigenvalue weighted by Crippen LogP contribution is -2.29. The van der Waals surface area contributed by atoms with Gasteiger partial charge in [0, 0.05) is 0 Å². The molecule has 0 saturated heterocycles. The molecule has 2 heterocycles. The van der Waals surface area contributed by atoms with Crippen LogP contribution < -0.4 is 19.5 Å². The number of furan rings is 1. The van der Waals surface area contributed by atoms with Crippen molar-refractivity contribution in [1.29, 1.82) is 0 Å². The minimum Gasteiger partial charge on any atom is -0.486 e. The molecule has 6 nitrogen and oxygen atoms in total. The van der Waals surface area contributed by atoms with E-state index in [0.717, 1.165) is 24.2 Å². The number of ether oxygens (including phenoxy) is 3. The molecule has 0 spiro atoms. The Bertz CT molecular complexity index is 1070. The van der Waals surface area contributed by atoms with Crippen molar-refractivity contribution >= 4 is 5.91 Å². The van der Waals surface area contributed by atoms with E-state index in [0.29, 0.717) is 36.4 Å². The first-order valence-electron chi connectivity index (χ1n) is 10.3. The molecule has 3 aromatic rings. The average molecular weight is 423 g/mol. The van der Waals surface area contributed by atoms with E-state index >= 15 is 0 Å². The van der Waals surface area contributed by atoms with Crippen molar-refractivity contribution in [2.24, 2.45) is 5.92 Å². The number of carbonyl (C=O) groups is 1. The summed E-state index contributed by atoms with van der Waals surface area (Å²) in [5, 5.41) is 3.10. The van der Waals surface area contributed by atoms with Gasteiger partial charge in [-0.05, 0) is 72.9 Å². The highest BCUT2D eigenvalue weighted by Crippen LogP contribution is 2.43. The van der Waals surface area contributed by atoms with Crippen LogP contribution in [0.5, 0.6) is 17.2 Å². The molecule has 1 aliphatic carbocycles. The molecule has 1 amide bonds. The lowest BCUT2D eigenvalue weighted by Gasteiger charge is -2.22. The topological polar surface area (TPSA) is 69.9 Å². The standard InChI is InChI=1S/C24H22FNO5/c25-17-4-6-18(7-5-17)30-14-19-8-10-21(31-19)24(27)26-23(15-1-2-15)16-3-9-20-22(13-16)29-12-11-28-20/h3-10,13,15,23H,1-2,11-12,14H2,(H,26,27). The van der Waals surface area contributed by atoms with Gasteiger partial charge < -0.3 is 23.9 Å². The zero-order chi connectivity index (χ0) is 21.2. The molecule has 31 heavy (non-hydrogen) atoms. The van der Waals surface area contributed by atoms with Crippen LogP contribution in [0.1, 0.15) is 40.8 Å². The summed E-state index contributed by atoms with van der Waals surface area (Å²) in [5.41, 5.74) is 0.992. The first-order valence-corrected chi connectivity index (χ1v) is 10.3. The Kier molecular flexibility index (Phi) is 5.24. The number of rotatable bonds is 7. The van der Waals surface area contributed by atoms with Crippen molar-refractivity contribution in [3.8, 4) is 17.2 Å². The molecular formula is C24H22FNO5. The van der Waals surface area contributed by atoms with Crippen LogP contribution in [0.4, 0.5) is 4.39 Å². The van der Waals surface area contributed by atoms with Gasteiger partial charge in [-0.25, -0.2) is 4.39 Å². The number of carbonyl (C=O) groups excluding carboxylic acids is 1. The van der Waals surface area contributed by atoms with E-state index in [4.69, 9.17) is 18.6 Å². The third kappa shape index (κ3) is 4.50. The Morgan fingerprint density at radius 3 is 2.58 bits per heavy atom. The summed E-state index contributed by atoms with van der Waals surface area (Å²) < 4.78 is 35.5. The van der Waals surface area contributed by atoms with Crippen LogP contribution in [-0.2, 0) is 6.61 Å². The molecule has 160 valence electrons. The van der Waals surface area contributed by atoms with Crippen molar-refractivity contribution in [2.45, 2.75) is 25.5 Å². The molecular weight excluding hydrogens is 401 g/mol. The monoisotopic (exact) mass is 423 g/mol. The maximum atomic E-state index is 13.0. The molecule has 1 aliphatic heterocycles. The maximum absolute atomic E-state index is 13.0. The van der Waals surface area contributed by atoms with Crippen molar-refractivity contribution in [1.82, 2.24) is 5.32 Å². The molecule has 1 aromatic heterocycles. The first kappa shape index (κ1) is 19.5. The third-order valence-corrected chi connectivity index (χ3v) is 5.39. The fourth-order valence-electron chi connectivity index (χ4n) is 3.63. The number of halogens is 1. The molecule has 1 atom stereocenters. The predicted molar refractivity (Wildman–Crippen MR) is 110 cm³/mol. The number of amides is 1. The number of hydrogen-bond acceptors (Lipinski definition) is 5. The van der Waals surface area contributed by atoms with Crippen molar-refractivity contribution in [2.75, 3.05) is 13.2 Å². The Morgan fingerprint density at radius 2 is 1.81 bits per heavy atom. The molecule has 0 bridgehead atoms. The normalized spacial score (nSPS) is 15.9. The van der Waals surface area contributed by atoms with Gasteiger partial charge in [0.05, 0.1) is 6.04 Å². The van der Waals surface area contributed by atoms with Crippen LogP contribution in [0.2, 0.25) is 0 Å². The molecule has 2 aromatic carbocycles. The Labute approximate surface area is 178 Å². The van der Waals surface area contributed by atoms with E-state index in [9.17, 15) is 9.18 Å². The number of hydrogen-bond donors (Lipinski definition) is 1. The van der Waals surface area contributed by atoms with Gasteiger partial charge in [0.15, 0.2) is 17.3 Å². The summed E-state index contributed by atoms with van der Waals surface area (Å²) in [4.78, 5) is 12.8. The first-order chi connectivity index (χ1) is 15.2. The molecule has 5 rings (SSSR count). The van der Waals surface area contributed by atoms with Crippen LogP contribution in [0.25, 0.3) is 0 Å². The smallest absolute Gasteiger partial charge is 0.287 e. The fraction of sp³-hybridized carbons (Fsp3) is 0.292. The van der Waals surface area contributed by atoms with Gasteiger partial charge in [0.25, 0.3) is 5.91 Å². The Morgan fingerprint density at radius 1 is 1.03 bits per heavy atom. The van der Waals surface area contributed by atoms with Crippen molar-refractivity contribution < 1.29 is 27.8 Å². The van der Waals surface area contributed by atoms with E-state index in [1.165, 1.54) is 12.1 Å². The largest absolute Gasteiger partial charge is 0.486 e. The van der Waals surface area contributed by atoms with Crippen LogP contribution in [0, 0.1) is 11.7 Å². The van der Waals surface area contributed by atoms with Crippen molar-refractivity contribution in [3.63, 3.8) is 0 Å². The summed E-state index contributed by atoms with van der Waals surface area (Å²) in [7, 11) is 0.